The summed E-state index contributed by atoms with van der Waals surface area (Å²) in [7, 11) is 0. The predicted molar refractivity (Wildman–Crippen MR) is 66.3 cm³/mol. The van der Waals surface area contributed by atoms with Crippen molar-refractivity contribution in [3.05, 3.63) is 23.4 Å². The fourth-order valence-corrected chi connectivity index (χ4v) is 1.29. The van der Waals surface area contributed by atoms with Crippen LogP contribution in [0.1, 0.15) is 27.2 Å². The quantitative estimate of drug-likeness (QED) is 0.755. The second-order valence-electron chi connectivity index (χ2n) is 3.95. The Hall–Kier alpha value is -1.38. The Labute approximate surface area is 91.5 Å². The molecule has 0 bridgehead atoms. The Morgan fingerprint density at radius 2 is 2.33 bits per heavy atom. The van der Waals surface area contributed by atoms with E-state index in [2.05, 4.69) is 30.8 Å². The largest absolute Gasteiger partial charge is 0.402 e. The Morgan fingerprint density at radius 1 is 1.60 bits per heavy atom. The van der Waals surface area contributed by atoms with Crippen molar-refractivity contribution in [1.29, 1.82) is 0 Å². The molecule has 0 radical (unpaired) electrons. The monoisotopic (exact) mass is 205 g/mol. The van der Waals surface area contributed by atoms with E-state index in [4.69, 9.17) is 5.73 Å². The summed E-state index contributed by atoms with van der Waals surface area (Å²) in [6.07, 6.45) is 8.43. The minimum atomic E-state index is 0.235. The third-order valence-electron chi connectivity index (χ3n) is 2.44. The first-order chi connectivity index (χ1) is 7.15. The van der Waals surface area contributed by atoms with Gasteiger partial charge in [0.05, 0.1) is 6.04 Å². The highest BCUT2D eigenvalue weighted by Gasteiger charge is 2.09. The summed E-state index contributed by atoms with van der Waals surface area (Å²) in [6, 6.07) is 0.235. The average Bonchev–Trinajstić information content (AvgIpc) is 2.26. The summed E-state index contributed by atoms with van der Waals surface area (Å²) in [5.74, 6) is 0.381. The first kappa shape index (κ1) is 11.7. The van der Waals surface area contributed by atoms with Crippen molar-refractivity contribution in [3.8, 4) is 0 Å². The van der Waals surface area contributed by atoms with Crippen LogP contribution in [0.25, 0.3) is 0 Å². The predicted octanol–water partition coefficient (Wildman–Crippen LogP) is 2.30. The number of allylic oxidation sites excluding steroid dienone is 3. The highest BCUT2D eigenvalue weighted by Crippen LogP contribution is 2.12. The first-order valence-corrected chi connectivity index (χ1v) is 5.37. The van der Waals surface area contributed by atoms with Crippen molar-refractivity contribution in [2.24, 2.45) is 21.6 Å². The van der Waals surface area contributed by atoms with Gasteiger partial charge < -0.3 is 5.73 Å². The number of aliphatic imine (C=N–C) groups is 2. The molecule has 0 amide bonds. The van der Waals surface area contributed by atoms with E-state index in [1.807, 2.05) is 18.4 Å². The topological polar surface area (TPSA) is 50.7 Å². The Bertz CT molecular complexity index is 322. The van der Waals surface area contributed by atoms with E-state index in [9.17, 15) is 0 Å². The van der Waals surface area contributed by atoms with Gasteiger partial charge in [-0.1, -0.05) is 26.8 Å². The van der Waals surface area contributed by atoms with Gasteiger partial charge in [-0.2, -0.15) is 0 Å². The van der Waals surface area contributed by atoms with E-state index in [1.54, 1.807) is 6.34 Å². The van der Waals surface area contributed by atoms with Crippen LogP contribution in [0, 0.1) is 5.92 Å². The molecular formula is C12H19N3. The minimum Gasteiger partial charge on any atom is -0.402 e. The zero-order chi connectivity index (χ0) is 11.3. The molecule has 1 rings (SSSR count). The van der Waals surface area contributed by atoms with Gasteiger partial charge in [0.2, 0.25) is 0 Å². The number of rotatable bonds is 3. The Kier molecular flexibility index (Phi) is 4.28. The van der Waals surface area contributed by atoms with Crippen LogP contribution in [0.5, 0.6) is 0 Å². The van der Waals surface area contributed by atoms with Crippen molar-refractivity contribution >= 4 is 12.6 Å². The maximum Gasteiger partial charge on any atom is 0.110 e. The van der Waals surface area contributed by atoms with Gasteiger partial charge in [-0.25, -0.2) is 4.99 Å². The highest BCUT2D eigenvalue weighted by molar-refractivity contribution is 5.89. The third-order valence-corrected chi connectivity index (χ3v) is 2.44. The Balaban J connectivity index is 2.78. The van der Waals surface area contributed by atoms with Crippen LogP contribution in [-0.2, 0) is 0 Å². The zero-order valence-electron chi connectivity index (χ0n) is 9.64. The molecule has 0 spiro atoms. The average molecular weight is 205 g/mol. The SMILES string of the molecule is CCC1N=CN=C/C1=C/C=C(\N)C(C)C. The minimum absolute atomic E-state index is 0.235. The zero-order valence-corrected chi connectivity index (χ0v) is 9.64. The van der Waals surface area contributed by atoms with E-state index in [-0.39, 0.29) is 6.04 Å². The maximum atomic E-state index is 5.85. The lowest BCUT2D eigenvalue weighted by molar-refractivity contribution is 0.753. The lowest BCUT2D eigenvalue weighted by atomic mass is 10.0. The molecule has 1 heterocycles. The molecule has 1 aliphatic rings. The summed E-state index contributed by atoms with van der Waals surface area (Å²) >= 11 is 0. The van der Waals surface area contributed by atoms with Crippen molar-refractivity contribution in [1.82, 2.24) is 0 Å². The van der Waals surface area contributed by atoms with Gasteiger partial charge in [0.1, 0.15) is 6.34 Å². The van der Waals surface area contributed by atoms with Crippen molar-refractivity contribution in [2.75, 3.05) is 0 Å². The lowest BCUT2D eigenvalue weighted by Crippen LogP contribution is -2.12. The van der Waals surface area contributed by atoms with E-state index >= 15 is 0 Å². The van der Waals surface area contributed by atoms with Crippen LogP contribution in [0.3, 0.4) is 0 Å². The van der Waals surface area contributed by atoms with Crippen LogP contribution in [0.15, 0.2) is 33.4 Å². The molecule has 0 aromatic carbocycles. The molecule has 0 fully saturated rings. The summed E-state index contributed by atoms with van der Waals surface area (Å²) < 4.78 is 0. The van der Waals surface area contributed by atoms with Gasteiger partial charge in [0.25, 0.3) is 0 Å². The van der Waals surface area contributed by atoms with E-state index < -0.39 is 0 Å². The molecule has 0 saturated carbocycles. The summed E-state index contributed by atoms with van der Waals surface area (Å²) in [5.41, 5.74) is 7.87. The molecule has 1 atom stereocenters. The molecular weight excluding hydrogens is 186 g/mol. The van der Waals surface area contributed by atoms with Crippen molar-refractivity contribution in [2.45, 2.75) is 33.2 Å². The molecule has 0 saturated heterocycles. The number of hydrogen-bond acceptors (Lipinski definition) is 3. The van der Waals surface area contributed by atoms with Crippen LogP contribution < -0.4 is 5.73 Å². The van der Waals surface area contributed by atoms with Crippen LogP contribution in [-0.4, -0.2) is 18.6 Å². The standard InChI is InChI=1S/C12H19N3/c1-4-12-10(7-14-8-15-12)5-6-11(13)9(2)3/h5-9,12H,4,13H2,1-3H3/b10-5-,11-6-. The van der Waals surface area contributed by atoms with Gasteiger partial charge in [0, 0.05) is 11.9 Å². The molecule has 0 aromatic rings. The number of nitrogens with zero attached hydrogens (tertiary/aromatic N) is 2. The van der Waals surface area contributed by atoms with Crippen LogP contribution >= 0.6 is 0 Å². The summed E-state index contributed by atoms with van der Waals surface area (Å²) in [4.78, 5) is 8.32. The lowest BCUT2D eigenvalue weighted by Gasteiger charge is -2.12. The smallest absolute Gasteiger partial charge is 0.110 e. The molecule has 1 unspecified atom stereocenters. The van der Waals surface area contributed by atoms with Crippen LogP contribution in [0.4, 0.5) is 0 Å². The highest BCUT2D eigenvalue weighted by atomic mass is 14.9. The normalized spacial score (nSPS) is 24.1. The van der Waals surface area contributed by atoms with Gasteiger partial charge in [-0.05, 0) is 24.0 Å². The van der Waals surface area contributed by atoms with Crippen molar-refractivity contribution < 1.29 is 0 Å². The third kappa shape index (κ3) is 3.35. The summed E-state index contributed by atoms with van der Waals surface area (Å²) in [5, 5.41) is 0. The second-order valence-corrected chi connectivity index (χ2v) is 3.95. The van der Waals surface area contributed by atoms with Crippen molar-refractivity contribution in [3.63, 3.8) is 0 Å². The fraction of sp³-hybridized carbons (Fsp3) is 0.500. The van der Waals surface area contributed by atoms with Crippen LogP contribution in [0.2, 0.25) is 0 Å². The van der Waals surface area contributed by atoms with Gasteiger partial charge >= 0.3 is 0 Å². The molecule has 3 heteroatoms. The number of hydrogen-bond donors (Lipinski definition) is 1. The second kappa shape index (κ2) is 5.49. The fourth-order valence-electron chi connectivity index (χ4n) is 1.29. The van der Waals surface area contributed by atoms with E-state index in [1.165, 1.54) is 0 Å². The molecule has 3 nitrogen and oxygen atoms in total. The van der Waals surface area contributed by atoms with Gasteiger partial charge in [0.15, 0.2) is 0 Å². The molecule has 82 valence electrons. The Morgan fingerprint density at radius 3 is 2.93 bits per heavy atom. The number of nitrogens with two attached hydrogens (primary N) is 1. The van der Waals surface area contributed by atoms with Gasteiger partial charge in [-0.3, -0.25) is 4.99 Å². The van der Waals surface area contributed by atoms with E-state index in [0.717, 1.165) is 17.7 Å². The van der Waals surface area contributed by atoms with Gasteiger partial charge in [-0.15, -0.1) is 0 Å². The molecule has 1 aliphatic heterocycles. The summed E-state index contributed by atoms with van der Waals surface area (Å²) in [6.45, 7) is 6.27. The molecule has 0 aromatic heterocycles. The molecule has 2 N–H and O–H groups in total. The molecule has 0 aliphatic carbocycles. The van der Waals surface area contributed by atoms with E-state index in [0.29, 0.717) is 5.92 Å². The maximum absolute atomic E-state index is 5.85. The molecule has 15 heavy (non-hydrogen) atoms. The first-order valence-electron chi connectivity index (χ1n) is 5.37.